The summed E-state index contributed by atoms with van der Waals surface area (Å²) in [7, 11) is 3.34. The first-order valence-electron chi connectivity index (χ1n) is 11.0. The standard InChI is InChI=1S/C24H36N4O4/c1-5-25-24(28-18-21-8-6-11-26-23(21)32-15-14-30-4)27-17-20-10-9-19(2)16-22(20)31-13-7-12-29-3/h6,8-11,16H,5,7,12-15,17-18H2,1-4H3,(H2,25,27,28). The molecule has 1 aromatic carbocycles. The van der Waals surface area contributed by atoms with Gasteiger partial charge in [-0.1, -0.05) is 18.2 Å². The van der Waals surface area contributed by atoms with Crippen molar-refractivity contribution in [2.24, 2.45) is 4.99 Å². The minimum Gasteiger partial charge on any atom is -0.493 e. The highest BCUT2D eigenvalue weighted by Gasteiger charge is 2.08. The highest BCUT2D eigenvalue weighted by molar-refractivity contribution is 5.79. The van der Waals surface area contributed by atoms with Crippen molar-refractivity contribution >= 4 is 5.96 Å². The fraction of sp³-hybridized carbons (Fsp3) is 0.500. The summed E-state index contributed by atoms with van der Waals surface area (Å²) in [4.78, 5) is 9.02. The van der Waals surface area contributed by atoms with Crippen molar-refractivity contribution in [3.8, 4) is 11.6 Å². The second-order valence-corrected chi connectivity index (χ2v) is 7.16. The van der Waals surface area contributed by atoms with Gasteiger partial charge in [0.25, 0.3) is 0 Å². The molecule has 0 unspecified atom stereocenters. The predicted octanol–water partition coefficient (Wildman–Crippen LogP) is 3.09. The van der Waals surface area contributed by atoms with Gasteiger partial charge in [-0.05, 0) is 31.5 Å². The van der Waals surface area contributed by atoms with Crippen LogP contribution < -0.4 is 20.1 Å². The van der Waals surface area contributed by atoms with Crippen LogP contribution >= 0.6 is 0 Å². The van der Waals surface area contributed by atoms with Crippen molar-refractivity contribution in [1.29, 1.82) is 0 Å². The number of aromatic nitrogens is 1. The van der Waals surface area contributed by atoms with Gasteiger partial charge in [-0.3, -0.25) is 0 Å². The summed E-state index contributed by atoms with van der Waals surface area (Å²) in [6, 6.07) is 10.1. The normalized spacial score (nSPS) is 11.3. The Morgan fingerprint density at radius 2 is 1.81 bits per heavy atom. The molecule has 32 heavy (non-hydrogen) atoms. The molecule has 1 heterocycles. The second kappa shape index (κ2) is 15.0. The number of aryl methyl sites for hydroxylation is 1. The third kappa shape index (κ3) is 9.11. The highest BCUT2D eigenvalue weighted by Crippen LogP contribution is 2.21. The zero-order valence-electron chi connectivity index (χ0n) is 19.6. The molecule has 0 spiro atoms. The fourth-order valence-electron chi connectivity index (χ4n) is 2.91. The van der Waals surface area contributed by atoms with Crippen molar-refractivity contribution in [3.05, 3.63) is 53.2 Å². The largest absolute Gasteiger partial charge is 0.493 e. The summed E-state index contributed by atoms with van der Waals surface area (Å²) in [5, 5.41) is 6.68. The lowest BCUT2D eigenvalue weighted by atomic mass is 10.1. The summed E-state index contributed by atoms with van der Waals surface area (Å²) in [6.45, 7) is 8.15. The highest BCUT2D eigenvalue weighted by atomic mass is 16.5. The molecule has 0 saturated heterocycles. The number of aliphatic imine (C=N–C) groups is 1. The van der Waals surface area contributed by atoms with E-state index in [1.807, 2.05) is 19.1 Å². The van der Waals surface area contributed by atoms with E-state index >= 15 is 0 Å². The lowest BCUT2D eigenvalue weighted by molar-refractivity contribution is 0.143. The van der Waals surface area contributed by atoms with E-state index in [1.54, 1.807) is 20.4 Å². The van der Waals surface area contributed by atoms with Crippen LogP contribution in [0.3, 0.4) is 0 Å². The van der Waals surface area contributed by atoms with Gasteiger partial charge in [0.15, 0.2) is 5.96 Å². The number of pyridine rings is 1. The van der Waals surface area contributed by atoms with Crippen LogP contribution in [0.15, 0.2) is 41.5 Å². The fourth-order valence-corrected chi connectivity index (χ4v) is 2.91. The molecule has 0 fully saturated rings. The zero-order valence-corrected chi connectivity index (χ0v) is 19.6. The molecule has 0 aliphatic carbocycles. The van der Waals surface area contributed by atoms with E-state index in [0.29, 0.717) is 51.4 Å². The van der Waals surface area contributed by atoms with E-state index in [2.05, 4.69) is 40.7 Å². The molecule has 2 rings (SSSR count). The van der Waals surface area contributed by atoms with Crippen molar-refractivity contribution in [2.45, 2.75) is 33.4 Å². The molecule has 0 amide bonds. The van der Waals surface area contributed by atoms with Crippen LogP contribution in [0.4, 0.5) is 0 Å². The van der Waals surface area contributed by atoms with E-state index in [1.165, 1.54) is 0 Å². The number of hydrogen-bond acceptors (Lipinski definition) is 6. The van der Waals surface area contributed by atoms with Gasteiger partial charge in [0.2, 0.25) is 5.88 Å². The number of guanidine groups is 1. The number of hydrogen-bond donors (Lipinski definition) is 2. The summed E-state index contributed by atoms with van der Waals surface area (Å²) in [5.74, 6) is 2.17. The van der Waals surface area contributed by atoms with E-state index < -0.39 is 0 Å². The monoisotopic (exact) mass is 444 g/mol. The first-order chi connectivity index (χ1) is 15.7. The molecule has 8 heteroatoms. The molecule has 0 aliphatic heterocycles. The molecule has 0 bridgehead atoms. The summed E-state index contributed by atoms with van der Waals surface area (Å²) < 4.78 is 21.8. The number of nitrogens with zero attached hydrogens (tertiary/aromatic N) is 2. The Balaban J connectivity index is 2.03. The van der Waals surface area contributed by atoms with Crippen molar-refractivity contribution in [2.75, 3.05) is 47.2 Å². The Hall–Kier alpha value is -2.84. The molecule has 176 valence electrons. The van der Waals surface area contributed by atoms with Crippen LogP contribution in [0.5, 0.6) is 11.6 Å². The first kappa shape index (κ1) is 25.4. The molecular weight excluding hydrogens is 408 g/mol. The number of rotatable bonds is 14. The Morgan fingerprint density at radius 1 is 0.969 bits per heavy atom. The van der Waals surface area contributed by atoms with E-state index in [9.17, 15) is 0 Å². The Morgan fingerprint density at radius 3 is 2.59 bits per heavy atom. The third-order valence-electron chi connectivity index (χ3n) is 4.55. The number of ether oxygens (including phenoxy) is 4. The van der Waals surface area contributed by atoms with Gasteiger partial charge in [-0.25, -0.2) is 9.98 Å². The Bertz CT molecular complexity index is 829. The van der Waals surface area contributed by atoms with Crippen LogP contribution in [-0.4, -0.2) is 58.1 Å². The summed E-state index contributed by atoms with van der Waals surface area (Å²) >= 11 is 0. The van der Waals surface area contributed by atoms with Crippen LogP contribution in [-0.2, 0) is 22.6 Å². The molecule has 8 nitrogen and oxygen atoms in total. The van der Waals surface area contributed by atoms with E-state index in [4.69, 9.17) is 23.9 Å². The van der Waals surface area contributed by atoms with E-state index in [0.717, 1.165) is 35.4 Å². The number of nitrogens with one attached hydrogen (secondary N) is 2. The average molecular weight is 445 g/mol. The summed E-state index contributed by atoms with van der Waals surface area (Å²) in [5.41, 5.74) is 3.15. The van der Waals surface area contributed by atoms with Crippen molar-refractivity contribution in [3.63, 3.8) is 0 Å². The lowest BCUT2D eigenvalue weighted by Gasteiger charge is -2.16. The van der Waals surface area contributed by atoms with Crippen molar-refractivity contribution < 1.29 is 18.9 Å². The van der Waals surface area contributed by atoms with Gasteiger partial charge in [0.05, 0.1) is 19.8 Å². The van der Waals surface area contributed by atoms with Crippen molar-refractivity contribution in [1.82, 2.24) is 15.6 Å². The van der Waals surface area contributed by atoms with Crippen LogP contribution in [0, 0.1) is 6.92 Å². The van der Waals surface area contributed by atoms with Crippen LogP contribution in [0.1, 0.15) is 30.0 Å². The van der Waals surface area contributed by atoms with Gasteiger partial charge < -0.3 is 29.6 Å². The van der Waals surface area contributed by atoms with Gasteiger partial charge in [0.1, 0.15) is 12.4 Å². The molecule has 2 aromatic rings. The molecule has 0 aliphatic rings. The molecule has 2 N–H and O–H groups in total. The minimum absolute atomic E-state index is 0.444. The molecule has 0 atom stereocenters. The Kier molecular flexibility index (Phi) is 12.0. The first-order valence-corrected chi connectivity index (χ1v) is 11.0. The van der Waals surface area contributed by atoms with Crippen LogP contribution in [0.2, 0.25) is 0 Å². The maximum atomic E-state index is 5.99. The molecule has 0 radical (unpaired) electrons. The number of benzene rings is 1. The topological polar surface area (TPSA) is 86.2 Å². The maximum Gasteiger partial charge on any atom is 0.218 e. The summed E-state index contributed by atoms with van der Waals surface area (Å²) in [6.07, 6.45) is 2.56. The lowest BCUT2D eigenvalue weighted by Crippen LogP contribution is -2.36. The Labute approximate surface area is 191 Å². The van der Waals surface area contributed by atoms with Gasteiger partial charge in [-0.15, -0.1) is 0 Å². The second-order valence-electron chi connectivity index (χ2n) is 7.16. The number of methoxy groups -OCH3 is 2. The predicted molar refractivity (Wildman–Crippen MR) is 126 cm³/mol. The molecule has 0 saturated carbocycles. The molecular formula is C24H36N4O4. The minimum atomic E-state index is 0.444. The van der Waals surface area contributed by atoms with Gasteiger partial charge in [0, 0.05) is 57.7 Å². The van der Waals surface area contributed by atoms with E-state index in [-0.39, 0.29) is 0 Å². The third-order valence-corrected chi connectivity index (χ3v) is 4.55. The van der Waals surface area contributed by atoms with Gasteiger partial charge >= 0.3 is 0 Å². The van der Waals surface area contributed by atoms with Crippen LogP contribution in [0.25, 0.3) is 0 Å². The molecule has 1 aromatic heterocycles. The quantitative estimate of drug-likeness (QED) is 0.263. The average Bonchev–Trinajstić information content (AvgIpc) is 2.80. The maximum absolute atomic E-state index is 5.99. The van der Waals surface area contributed by atoms with Gasteiger partial charge in [-0.2, -0.15) is 0 Å². The smallest absolute Gasteiger partial charge is 0.218 e. The SMILES string of the molecule is CCNC(=NCc1cccnc1OCCOC)NCc1ccc(C)cc1OCCCOC. The zero-order chi connectivity index (χ0) is 23.0.